The van der Waals surface area contributed by atoms with Crippen LogP contribution in [0.25, 0.3) is 27.8 Å². The van der Waals surface area contributed by atoms with E-state index in [1.807, 2.05) is 24.5 Å². The number of pyridine rings is 1. The number of alkyl halides is 1. The Morgan fingerprint density at radius 2 is 1.90 bits per heavy atom. The van der Waals surface area contributed by atoms with Crippen LogP contribution in [0.2, 0.25) is 0 Å². The topological polar surface area (TPSA) is 12.9 Å². The van der Waals surface area contributed by atoms with Gasteiger partial charge in [-0.1, -0.05) is 62.1 Å². The van der Waals surface area contributed by atoms with Crippen molar-refractivity contribution in [3.63, 3.8) is 0 Å². The molecule has 0 N–H and O–H groups in total. The predicted molar refractivity (Wildman–Crippen MR) is 131 cm³/mol. The Labute approximate surface area is 188 Å². The lowest BCUT2D eigenvalue weighted by Gasteiger charge is -2.14. The maximum Gasteiger partial charge on any atom is 0.122 e. The van der Waals surface area contributed by atoms with Crippen LogP contribution in [0.3, 0.4) is 0 Å². The zero-order valence-corrected chi connectivity index (χ0v) is 18.8. The standard InChI is InChI=1S/C28H26FNS/c1-3-5-6-11-25-27(24-10-8-7-9-20(24)4-2)26(21-16-18-30-19-17-21)28(31-25)22-12-14-23(29)15-13-22/h7-10,12-14,16-19,23H,3-5,15H2,1-2H3. The number of rotatable bonds is 5. The van der Waals surface area contributed by atoms with Gasteiger partial charge in [0, 0.05) is 41.2 Å². The van der Waals surface area contributed by atoms with Crippen molar-refractivity contribution in [1.29, 1.82) is 0 Å². The molecule has 0 saturated carbocycles. The molecule has 0 fully saturated rings. The van der Waals surface area contributed by atoms with Gasteiger partial charge < -0.3 is 0 Å². The van der Waals surface area contributed by atoms with Gasteiger partial charge in [0.25, 0.3) is 0 Å². The summed E-state index contributed by atoms with van der Waals surface area (Å²) in [5.74, 6) is 6.82. The maximum atomic E-state index is 13.8. The molecule has 31 heavy (non-hydrogen) atoms. The van der Waals surface area contributed by atoms with Crippen molar-refractivity contribution in [2.45, 2.75) is 45.7 Å². The van der Waals surface area contributed by atoms with Crippen molar-refractivity contribution in [2.75, 3.05) is 0 Å². The number of unbranched alkanes of at least 4 members (excludes halogenated alkanes) is 1. The van der Waals surface area contributed by atoms with Crippen LogP contribution in [0, 0.1) is 11.8 Å². The number of allylic oxidation sites excluding steroid dienone is 4. The molecular weight excluding hydrogens is 401 g/mol. The maximum absolute atomic E-state index is 13.8. The highest BCUT2D eigenvalue weighted by atomic mass is 32.1. The van der Waals surface area contributed by atoms with Crippen LogP contribution in [-0.4, -0.2) is 11.2 Å². The zero-order chi connectivity index (χ0) is 21.6. The lowest BCUT2D eigenvalue weighted by atomic mass is 9.89. The largest absolute Gasteiger partial charge is 0.265 e. The molecular formula is C28H26FNS. The summed E-state index contributed by atoms with van der Waals surface area (Å²) in [6.45, 7) is 4.34. The summed E-state index contributed by atoms with van der Waals surface area (Å²) in [6, 6.07) is 12.7. The fraction of sp³-hybridized carbons (Fsp3) is 0.250. The molecule has 1 aromatic carbocycles. The second-order valence-electron chi connectivity index (χ2n) is 7.58. The Morgan fingerprint density at radius 3 is 2.61 bits per heavy atom. The average molecular weight is 428 g/mol. The third-order valence-corrected chi connectivity index (χ3v) is 6.59. The van der Waals surface area contributed by atoms with E-state index in [4.69, 9.17) is 0 Å². The first-order valence-electron chi connectivity index (χ1n) is 10.9. The molecule has 1 nitrogen and oxygen atoms in total. The summed E-state index contributed by atoms with van der Waals surface area (Å²) in [5, 5.41) is 0. The van der Waals surface area contributed by atoms with Gasteiger partial charge in [-0.2, -0.15) is 0 Å². The molecule has 2 aromatic heterocycles. The fourth-order valence-corrected chi connectivity index (χ4v) is 5.11. The van der Waals surface area contributed by atoms with Gasteiger partial charge in [-0.05, 0) is 53.3 Å². The smallest absolute Gasteiger partial charge is 0.122 e. The first kappa shape index (κ1) is 21.3. The second kappa shape index (κ2) is 9.90. The lowest BCUT2D eigenvalue weighted by molar-refractivity contribution is 0.402. The van der Waals surface area contributed by atoms with Crippen molar-refractivity contribution in [2.24, 2.45) is 0 Å². The van der Waals surface area contributed by atoms with E-state index in [-0.39, 0.29) is 0 Å². The fourth-order valence-electron chi connectivity index (χ4n) is 3.88. The van der Waals surface area contributed by atoms with E-state index < -0.39 is 6.17 Å². The highest BCUT2D eigenvalue weighted by Crippen LogP contribution is 2.47. The number of benzene rings is 1. The number of nitrogens with zero attached hydrogens (tertiary/aromatic N) is 1. The van der Waals surface area contributed by atoms with Crippen LogP contribution in [0.4, 0.5) is 4.39 Å². The first-order valence-corrected chi connectivity index (χ1v) is 11.7. The quantitative estimate of drug-likeness (QED) is 0.377. The van der Waals surface area contributed by atoms with Crippen molar-refractivity contribution in [1.82, 2.24) is 4.98 Å². The molecule has 3 heteroatoms. The molecule has 156 valence electrons. The Morgan fingerprint density at radius 1 is 1.10 bits per heavy atom. The van der Waals surface area contributed by atoms with Gasteiger partial charge in [0.1, 0.15) is 6.17 Å². The number of aryl methyl sites for hydroxylation is 1. The van der Waals surface area contributed by atoms with E-state index in [0.29, 0.717) is 6.42 Å². The molecule has 1 atom stereocenters. The predicted octanol–water partition coefficient (Wildman–Crippen LogP) is 7.87. The number of halogens is 1. The summed E-state index contributed by atoms with van der Waals surface area (Å²) in [4.78, 5) is 6.45. The molecule has 1 aliphatic carbocycles. The van der Waals surface area contributed by atoms with E-state index in [1.54, 1.807) is 17.4 Å². The third kappa shape index (κ3) is 4.55. The molecule has 0 saturated heterocycles. The van der Waals surface area contributed by atoms with Crippen molar-refractivity contribution >= 4 is 16.9 Å². The third-order valence-electron chi connectivity index (χ3n) is 5.43. The highest BCUT2D eigenvalue weighted by Gasteiger charge is 2.24. The molecule has 0 amide bonds. The van der Waals surface area contributed by atoms with E-state index in [2.05, 4.69) is 67.1 Å². The Kier molecular flexibility index (Phi) is 6.79. The molecule has 1 aliphatic rings. The van der Waals surface area contributed by atoms with Crippen LogP contribution in [0.1, 0.15) is 48.4 Å². The normalized spacial score (nSPS) is 15.3. The number of thiophene rings is 1. The lowest BCUT2D eigenvalue weighted by Crippen LogP contribution is -1.98. The molecule has 0 spiro atoms. The van der Waals surface area contributed by atoms with Crippen LogP contribution in [0.15, 0.2) is 67.0 Å². The van der Waals surface area contributed by atoms with Crippen LogP contribution >= 0.6 is 11.3 Å². The van der Waals surface area contributed by atoms with Gasteiger partial charge in [0.15, 0.2) is 0 Å². The summed E-state index contributed by atoms with van der Waals surface area (Å²) < 4.78 is 13.8. The minimum absolute atomic E-state index is 0.414. The minimum Gasteiger partial charge on any atom is -0.265 e. The summed E-state index contributed by atoms with van der Waals surface area (Å²) in [7, 11) is 0. The summed E-state index contributed by atoms with van der Waals surface area (Å²) >= 11 is 1.72. The average Bonchev–Trinajstić information content (AvgIpc) is 3.19. The summed E-state index contributed by atoms with van der Waals surface area (Å²) in [6.07, 6.45) is 11.6. The number of hydrogen-bond acceptors (Lipinski definition) is 2. The van der Waals surface area contributed by atoms with E-state index in [1.165, 1.54) is 22.3 Å². The molecule has 2 heterocycles. The van der Waals surface area contributed by atoms with Gasteiger partial charge >= 0.3 is 0 Å². The Hall–Kier alpha value is -2.96. The number of hydrogen-bond donors (Lipinski definition) is 0. The van der Waals surface area contributed by atoms with E-state index in [9.17, 15) is 4.39 Å². The number of aromatic nitrogens is 1. The molecule has 0 bridgehead atoms. The first-order chi connectivity index (χ1) is 15.2. The SMILES string of the molecule is CCCC#Cc1sc(C2=CCC(F)C=C2)c(-c2ccncc2)c1-c1ccccc1CC. The second-order valence-corrected chi connectivity index (χ2v) is 8.60. The Bertz CT molecular complexity index is 1170. The molecule has 4 rings (SSSR count). The molecule has 0 radical (unpaired) electrons. The van der Waals surface area contributed by atoms with Crippen LogP contribution in [-0.2, 0) is 6.42 Å². The van der Waals surface area contributed by atoms with Gasteiger partial charge in [-0.3, -0.25) is 4.98 Å². The van der Waals surface area contributed by atoms with Gasteiger partial charge in [0.05, 0.1) is 4.88 Å². The highest BCUT2D eigenvalue weighted by molar-refractivity contribution is 7.15. The van der Waals surface area contributed by atoms with Crippen molar-refractivity contribution in [3.05, 3.63) is 82.3 Å². The van der Waals surface area contributed by atoms with Gasteiger partial charge in [-0.25, -0.2) is 4.39 Å². The Balaban J connectivity index is 2.03. The van der Waals surface area contributed by atoms with Gasteiger partial charge in [-0.15, -0.1) is 11.3 Å². The zero-order valence-electron chi connectivity index (χ0n) is 18.0. The van der Waals surface area contributed by atoms with Gasteiger partial charge in [0.2, 0.25) is 0 Å². The van der Waals surface area contributed by atoms with Crippen LogP contribution < -0.4 is 0 Å². The van der Waals surface area contributed by atoms with E-state index in [0.717, 1.165) is 40.2 Å². The monoisotopic (exact) mass is 427 g/mol. The van der Waals surface area contributed by atoms with Crippen molar-refractivity contribution in [3.8, 4) is 34.1 Å². The van der Waals surface area contributed by atoms with Crippen LogP contribution in [0.5, 0.6) is 0 Å². The van der Waals surface area contributed by atoms with E-state index >= 15 is 0 Å². The summed E-state index contributed by atoms with van der Waals surface area (Å²) in [5.41, 5.74) is 7.07. The molecule has 3 aromatic rings. The van der Waals surface area contributed by atoms with Crippen molar-refractivity contribution < 1.29 is 4.39 Å². The molecule has 1 unspecified atom stereocenters. The minimum atomic E-state index is -0.905. The molecule has 0 aliphatic heterocycles.